The molecule has 5 N–H and O–H groups in total. The van der Waals surface area contributed by atoms with Gasteiger partial charge in [0.1, 0.15) is 0 Å². The molecule has 12 heteroatoms. The predicted octanol–water partition coefficient (Wildman–Crippen LogP) is 2.90. The Morgan fingerprint density at radius 3 is 2.66 bits per heavy atom. The fraction of sp³-hybridized carbons (Fsp3) is 0.261. The monoisotopic (exact) mass is 507 g/mol. The zero-order chi connectivity index (χ0) is 25.4. The maximum atomic E-state index is 14.2. The van der Waals surface area contributed by atoms with Crippen molar-refractivity contribution in [3.63, 3.8) is 0 Å². The van der Waals surface area contributed by atoms with Crippen LogP contribution >= 0.6 is 11.6 Å². The molecule has 9 nitrogen and oxygen atoms in total. The van der Waals surface area contributed by atoms with Crippen LogP contribution in [0.15, 0.2) is 36.5 Å². The van der Waals surface area contributed by atoms with Gasteiger partial charge < -0.3 is 30.8 Å². The van der Waals surface area contributed by atoms with E-state index in [9.17, 15) is 18.4 Å². The Morgan fingerprint density at radius 2 is 1.94 bits per heavy atom. The zero-order valence-corrected chi connectivity index (χ0v) is 19.5. The van der Waals surface area contributed by atoms with E-state index in [2.05, 4.69) is 20.6 Å². The third kappa shape index (κ3) is 6.75. The SMILES string of the molecule is COc1ccc(Cc2cnc(C(=O)Nc3ccc(C(=O)NCCOCCN)c(Cl)c3)[nH]2)c(F)c1F. The number of rotatable bonds is 11. The van der Waals surface area contributed by atoms with E-state index < -0.39 is 17.5 Å². The van der Waals surface area contributed by atoms with Crippen molar-refractivity contribution in [2.45, 2.75) is 6.42 Å². The van der Waals surface area contributed by atoms with E-state index in [1.807, 2.05) is 0 Å². The Bertz CT molecular complexity index is 1200. The minimum atomic E-state index is -1.09. The fourth-order valence-electron chi connectivity index (χ4n) is 3.12. The summed E-state index contributed by atoms with van der Waals surface area (Å²) in [6.07, 6.45) is 1.34. The van der Waals surface area contributed by atoms with Gasteiger partial charge in [-0.3, -0.25) is 9.59 Å². The van der Waals surface area contributed by atoms with E-state index in [1.165, 1.54) is 43.6 Å². The minimum Gasteiger partial charge on any atom is -0.494 e. The standard InChI is InChI=1S/C23H24ClF2N5O4/c1-34-18-5-2-13(19(25)20(18)26)10-15-12-29-21(30-15)23(33)31-14-3-4-16(17(24)11-14)22(32)28-7-9-35-8-6-27/h2-5,11-12H,6-10,27H2,1H3,(H,28,32)(H,29,30)(H,31,33). The molecule has 2 amide bonds. The lowest BCUT2D eigenvalue weighted by Crippen LogP contribution is -2.28. The Labute approximate surface area is 205 Å². The molecule has 0 bridgehead atoms. The molecule has 0 fully saturated rings. The Balaban J connectivity index is 1.60. The lowest BCUT2D eigenvalue weighted by Gasteiger charge is -2.09. The van der Waals surface area contributed by atoms with Crippen LogP contribution in [0.1, 0.15) is 32.2 Å². The molecule has 0 aliphatic heterocycles. The highest BCUT2D eigenvalue weighted by molar-refractivity contribution is 6.34. The van der Waals surface area contributed by atoms with Crippen LogP contribution in [-0.2, 0) is 11.2 Å². The number of nitrogens with zero attached hydrogens (tertiary/aromatic N) is 1. The second-order valence-electron chi connectivity index (χ2n) is 7.29. The number of nitrogens with two attached hydrogens (primary N) is 1. The first-order valence-electron chi connectivity index (χ1n) is 10.6. The molecular weight excluding hydrogens is 484 g/mol. The minimum absolute atomic E-state index is 0.0140. The number of carbonyl (C=O) groups excluding carboxylic acids is 2. The summed E-state index contributed by atoms with van der Waals surface area (Å²) >= 11 is 6.20. The number of ether oxygens (including phenoxy) is 2. The average molecular weight is 508 g/mol. The summed E-state index contributed by atoms with van der Waals surface area (Å²) in [7, 11) is 1.24. The first-order valence-corrected chi connectivity index (χ1v) is 10.9. The molecule has 186 valence electrons. The van der Waals surface area contributed by atoms with E-state index in [-0.39, 0.29) is 40.1 Å². The van der Waals surface area contributed by atoms with Gasteiger partial charge in [-0.05, 0) is 29.8 Å². The highest BCUT2D eigenvalue weighted by Crippen LogP contribution is 2.24. The molecular formula is C23H24ClF2N5O4. The summed E-state index contributed by atoms with van der Waals surface area (Å²) in [6, 6.07) is 7.13. The van der Waals surface area contributed by atoms with Crippen LogP contribution in [0.2, 0.25) is 5.02 Å². The van der Waals surface area contributed by atoms with Gasteiger partial charge in [-0.25, -0.2) is 9.37 Å². The van der Waals surface area contributed by atoms with Crippen molar-refractivity contribution in [3.05, 3.63) is 75.8 Å². The van der Waals surface area contributed by atoms with Crippen molar-refractivity contribution in [1.82, 2.24) is 15.3 Å². The summed E-state index contributed by atoms with van der Waals surface area (Å²) in [5.41, 5.74) is 6.37. The Hall–Kier alpha value is -3.54. The number of aromatic nitrogens is 2. The molecule has 0 aliphatic carbocycles. The smallest absolute Gasteiger partial charge is 0.291 e. The maximum Gasteiger partial charge on any atom is 0.291 e. The lowest BCUT2D eigenvalue weighted by atomic mass is 10.1. The van der Waals surface area contributed by atoms with Gasteiger partial charge in [0.2, 0.25) is 5.82 Å². The van der Waals surface area contributed by atoms with Gasteiger partial charge in [0.05, 0.1) is 30.9 Å². The van der Waals surface area contributed by atoms with Crippen molar-refractivity contribution in [1.29, 1.82) is 0 Å². The first-order chi connectivity index (χ1) is 16.8. The van der Waals surface area contributed by atoms with Crippen LogP contribution in [0.25, 0.3) is 0 Å². The fourth-order valence-corrected chi connectivity index (χ4v) is 3.39. The number of hydrogen-bond donors (Lipinski definition) is 4. The van der Waals surface area contributed by atoms with Gasteiger partial charge in [-0.1, -0.05) is 17.7 Å². The van der Waals surface area contributed by atoms with Crippen molar-refractivity contribution >= 4 is 29.1 Å². The number of nitrogens with one attached hydrogen (secondary N) is 3. The molecule has 0 unspecified atom stereocenters. The topological polar surface area (TPSA) is 131 Å². The summed E-state index contributed by atoms with van der Waals surface area (Å²) in [6.45, 7) is 1.41. The van der Waals surface area contributed by atoms with Crippen LogP contribution < -0.4 is 21.1 Å². The van der Waals surface area contributed by atoms with Crippen LogP contribution in [0.5, 0.6) is 5.75 Å². The number of hydrogen-bond acceptors (Lipinski definition) is 6. The third-order valence-corrected chi connectivity index (χ3v) is 5.15. The Kier molecular flexibility index (Phi) is 9.12. The number of halogens is 3. The third-order valence-electron chi connectivity index (χ3n) is 4.84. The molecule has 0 atom stereocenters. The molecule has 3 aromatic rings. The molecule has 3 rings (SSSR count). The van der Waals surface area contributed by atoms with Gasteiger partial charge in [0.25, 0.3) is 11.8 Å². The van der Waals surface area contributed by atoms with Crippen molar-refractivity contribution in [2.75, 3.05) is 38.7 Å². The van der Waals surface area contributed by atoms with Gasteiger partial charge in [-0.2, -0.15) is 4.39 Å². The number of imidazole rings is 1. The second-order valence-corrected chi connectivity index (χ2v) is 7.70. The average Bonchev–Trinajstić information content (AvgIpc) is 3.31. The predicted molar refractivity (Wildman–Crippen MR) is 126 cm³/mol. The molecule has 0 radical (unpaired) electrons. The van der Waals surface area contributed by atoms with E-state index in [0.29, 0.717) is 37.7 Å². The number of aromatic amines is 1. The molecule has 0 saturated carbocycles. The van der Waals surface area contributed by atoms with Crippen LogP contribution in [0, 0.1) is 11.6 Å². The number of anilines is 1. The van der Waals surface area contributed by atoms with Crippen LogP contribution in [0.3, 0.4) is 0 Å². The molecule has 2 aromatic carbocycles. The van der Waals surface area contributed by atoms with Crippen molar-refractivity contribution in [2.24, 2.45) is 5.73 Å². The van der Waals surface area contributed by atoms with Gasteiger partial charge in [0, 0.05) is 37.1 Å². The second kappa shape index (κ2) is 12.2. The molecule has 0 aliphatic rings. The maximum absolute atomic E-state index is 14.2. The number of benzene rings is 2. The summed E-state index contributed by atoms with van der Waals surface area (Å²) in [5.74, 6) is -3.33. The lowest BCUT2D eigenvalue weighted by molar-refractivity contribution is 0.0919. The molecule has 0 spiro atoms. The summed E-state index contributed by atoms with van der Waals surface area (Å²) < 4.78 is 38.1. The molecule has 1 aromatic heterocycles. The van der Waals surface area contributed by atoms with Gasteiger partial charge in [0.15, 0.2) is 17.4 Å². The van der Waals surface area contributed by atoms with Crippen LogP contribution in [0.4, 0.5) is 14.5 Å². The van der Waals surface area contributed by atoms with Gasteiger partial charge >= 0.3 is 0 Å². The number of carbonyl (C=O) groups is 2. The highest BCUT2D eigenvalue weighted by atomic mass is 35.5. The summed E-state index contributed by atoms with van der Waals surface area (Å²) in [4.78, 5) is 31.6. The zero-order valence-electron chi connectivity index (χ0n) is 18.8. The van der Waals surface area contributed by atoms with Crippen molar-refractivity contribution < 1.29 is 27.8 Å². The molecule has 1 heterocycles. The van der Waals surface area contributed by atoms with E-state index in [1.54, 1.807) is 0 Å². The largest absolute Gasteiger partial charge is 0.494 e. The van der Waals surface area contributed by atoms with Gasteiger partial charge in [-0.15, -0.1) is 0 Å². The molecule has 35 heavy (non-hydrogen) atoms. The number of methoxy groups -OCH3 is 1. The molecule has 0 saturated heterocycles. The van der Waals surface area contributed by atoms with E-state index >= 15 is 0 Å². The quantitative estimate of drug-likeness (QED) is 0.295. The Morgan fingerprint density at radius 1 is 1.14 bits per heavy atom. The first kappa shape index (κ1) is 26.1. The van der Waals surface area contributed by atoms with E-state index in [0.717, 1.165) is 0 Å². The highest BCUT2D eigenvalue weighted by Gasteiger charge is 2.17. The number of H-pyrrole nitrogens is 1. The normalized spacial score (nSPS) is 10.8. The summed E-state index contributed by atoms with van der Waals surface area (Å²) in [5, 5.41) is 5.42. The number of amides is 2. The van der Waals surface area contributed by atoms with Crippen molar-refractivity contribution in [3.8, 4) is 5.75 Å². The van der Waals surface area contributed by atoms with E-state index in [4.69, 9.17) is 26.8 Å². The van der Waals surface area contributed by atoms with Crippen LogP contribution in [-0.4, -0.2) is 55.2 Å².